The van der Waals surface area contributed by atoms with Gasteiger partial charge >= 0.3 is 6.01 Å². The minimum Gasteiger partial charge on any atom is -0.462 e. The Morgan fingerprint density at radius 2 is 2.05 bits per heavy atom. The maximum atomic E-state index is 16.5. The lowest BCUT2D eigenvalue weighted by Gasteiger charge is -2.29. The first-order valence-corrected chi connectivity index (χ1v) is 13.7. The molecular formula is C31H32F2N6O. The van der Waals surface area contributed by atoms with Gasteiger partial charge in [0.1, 0.15) is 29.5 Å². The lowest BCUT2D eigenvalue weighted by molar-refractivity contribution is 0.188. The van der Waals surface area contributed by atoms with Crippen LogP contribution in [0.1, 0.15) is 31.7 Å². The van der Waals surface area contributed by atoms with Gasteiger partial charge in [0.25, 0.3) is 0 Å². The molecule has 2 aliphatic rings. The smallest absolute Gasteiger partial charge is 0.319 e. The van der Waals surface area contributed by atoms with Crippen LogP contribution in [0.25, 0.3) is 32.9 Å². The number of benzene rings is 2. The number of terminal acetylenes is 1. The lowest BCUT2D eigenvalue weighted by atomic mass is 9.96. The quantitative estimate of drug-likeness (QED) is 0.352. The van der Waals surface area contributed by atoms with E-state index in [4.69, 9.17) is 16.1 Å². The Morgan fingerprint density at radius 1 is 1.20 bits per heavy atom. The summed E-state index contributed by atoms with van der Waals surface area (Å²) < 4.78 is 37.3. The number of hydrogen-bond acceptors (Lipinski definition) is 7. The zero-order valence-corrected chi connectivity index (χ0v) is 22.9. The Balaban J connectivity index is 1.51. The number of rotatable bonds is 6. The molecule has 0 amide bonds. The Hall–Kier alpha value is -3.87. The number of nitrogens with one attached hydrogen (secondary N) is 1. The van der Waals surface area contributed by atoms with Crippen molar-refractivity contribution in [3.63, 3.8) is 0 Å². The SMILES string of the molecule is C#Cc1c(F)ccc2cccc(-c3ncc4c(N(C)[C@@H]5CCNC5C)nc(OC[C@@H]5CCCN5C)nc4c3F)c12. The molecule has 3 atom stereocenters. The second kappa shape index (κ2) is 10.6. The molecule has 4 heterocycles. The normalized spacial score (nSPS) is 21.2. The first-order chi connectivity index (χ1) is 19.4. The van der Waals surface area contributed by atoms with E-state index in [0.29, 0.717) is 34.1 Å². The van der Waals surface area contributed by atoms with E-state index in [1.807, 2.05) is 13.1 Å². The van der Waals surface area contributed by atoms with Gasteiger partial charge in [-0.25, -0.2) is 8.78 Å². The predicted molar refractivity (Wildman–Crippen MR) is 154 cm³/mol. The van der Waals surface area contributed by atoms with Gasteiger partial charge in [0, 0.05) is 42.3 Å². The Bertz CT molecular complexity index is 1640. The van der Waals surface area contributed by atoms with Crippen molar-refractivity contribution in [3.8, 4) is 29.6 Å². The number of hydrogen-bond donors (Lipinski definition) is 1. The van der Waals surface area contributed by atoms with Crippen molar-refractivity contribution in [1.82, 2.24) is 25.2 Å². The number of fused-ring (bicyclic) bond motifs is 2. The van der Waals surface area contributed by atoms with E-state index in [1.165, 1.54) is 6.07 Å². The number of pyridine rings is 1. The number of ether oxygens (including phenoxy) is 1. The first-order valence-electron chi connectivity index (χ1n) is 13.7. The molecule has 206 valence electrons. The molecule has 40 heavy (non-hydrogen) atoms. The highest BCUT2D eigenvalue weighted by molar-refractivity contribution is 6.02. The van der Waals surface area contributed by atoms with Gasteiger partial charge in [-0.15, -0.1) is 6.42 Å². The van der Waals surface area contributed by atoms with Gasteiger partial charge in [-0.2, -0.15) is 9.97 Å². The molecule has 1 unspecified atom stereocenters. The summed E-state index contributed by atoms with van der Waals surface area (Å²) in [6.07, 6.45) is 10.3. The number of anilines is 1. The van der Waals surface area contributed by atoms with Crippen LogP contribution < -0.4 is 15.0 Å². The molecule has 0 aliphatic carbocycles. The zero-order valence-electron chi connectivity index (χ0n) is 22.9. The molecule has 9 heteroatoms. The van der Waals surface area contributed by atoms with Crippen molar-refractivity contribution >= 4 is 27.5 Å². The first kappa shape index (κ1) is 26.4. The molecule has 2 fully saturated rings. The van der Waals surface area contributed by atoms with Crippen LogP contribution in [0, 0.1) is 24.0 Å². The number of halogens is 2. The van der Waals surface area contributed by atoms with Gasteiger partial charge in [0.15, 0.2) is 5.82 Å². The summed E-state index contributed by atoms with van der Waals surface area (Å²) in [5.41, 5.74) is 0.627. The van der Waals surface area contributed by atoms with Gasteiger partial charge in [0.2, 0.25) is 0 Å². The predicted octanol–water partition coefficient (Wildman–Crippen LogP) is 4.76. The topological polar surface area (TPSA) is 66.4 Å². The van der Waals surface area contributed by atoms with Crippen LogP contribution in [0.2, 0.25) is 0 Å². The number of likely N-dealkylation sites (tertiary alicyclic amines) is 1. The Morgan fingerprint density at radius 3 is 2.77 bits per heavy atom. The van der Waals surface area contributed by atoms with E-state index < -0.39 is 11.6 Å². The van der Waals surface area contributed by atoms with Crippen LogP contribution in [0.4, 0.5) is 14.6 Å². The van der Waals surface area contributed by atoms with E-state index in [1.54, 1.807) is 24.4 Å². The fourth-order valence-electron chi connectivity index (χ4n) is 6.13. The summed E-state index contributed by atoms with van der Waals surface area (Å²) in [6.45, 7) is 4.45. The number of nitrogens with zero attached hydrogens (tertiary/aromatic N) is 5. The highest BCUT2D eigenvalue weighted by atomic mass is 19.1. The van der Waals surface area contributed by atoms with E-state index in [9.17, 15) is 4.39 Å². The van der Waals surface area contributed by atoms with Crippen LogP contribution in [0.15, 0.2) is 36.5 Å². The van der Waals surface area contributed by atoms with Crippen molar-refractivity contribution in [3.05, 3.63) is 53.7 Å². The summed E-state index contributed by atoms with van der Waals surface area (Å²) in [5.74, 6) is 1.82. The monoisotopic (exact) mass is 542 g/mol. The summed E-state index contributed by atoms with van der Waals surface area (Å²) >= 11 is 0. The number of aromatic nitrogens is 3. The third-order valence-corrected chi connectivity index (χ3v) is 8.43. The number of likely N-dealkylation sites (N-methyl/N-ethyl adjacent to an activating group) is 2. The van der Waals surface area contributed by atoms with Gasteiger partial charge in [0.05, 0.1) is 10.9 Å². The highest BCUT2D eigenvalue weighted by Gasteiger charge is 2.30. The lowest BCUT2D eigenvalue weighted by Crippen LogP contribution is -2.40. The van der Waals surface area contributed by atoms with Crippen molar-refractivity contribution in [2.75, 3.05) is 38.7 Å². The van der Waals surface area contributed by atoms with Crippen molar-refractivity contribution in [2.45, 2.75) is 44.3 Å². The van der Waals surface area contributed by atoms with Crippen molar-refractivity contribution in [1.29, 1.82) is 0 Å². The second-order valence-electron chi connectivity index (χ2n) is 10.8. The standard InChI is InChI=1S/C31H32F2N6O/c1-5-21-24(32)12-11-19-8-6-10-22(26(19)21)28-27(33)29-23(16-35-28)30(39(4)25-13-14-34-18(25)2)37-31(36-29)40-17-20-9-7-15-38(20)3/h1,6,8,10-12,16,18,20,25,34H,7,9,13-15,17H2,2-4H3/t18?,20-,25+/m0/s1. The van der Waals surface area contributed by atoms with Gasteiger partial charge in [-0.1, -0.05) is 30.2 Å². The highest BCUT2D eigenvalue weighted by Crippen LogP contribution is 2.37. The van der Waals surface area contributed by atoms with E-state index in [0.717, 1.165) is 32.4 Å². The third kappa shape index (κ3) is 4.51. The van der Waals surface area contributed by atoms with Crippen molar-refractivity contribution in [2.24, 2.45) is 0 Å². The molecule has 2 aliphatic heterocycles. The summed E-state index contributed by atoms with van der Waals surface area (Å²) in [4.78, 5) is 18.2. The fourth-order valence-corrected chi connectivity index (χ4v) is 6.13. The second-order valence-corrected chi connectivity index (χ2v) is 10.8. The van der Waals surface area contributed by atoms with E-state index >= 15 is 4.39 Å². The van der Waals surface area contributed by atoms with E-state index in [2.05, 4.69) is 45.0 Å². The van der Waals surface area contributed by atoms with Gasteiger partial charge in [-0.05, 0) is 57.8 Å². The molecule has 2 aromatic carbocycles. The molecule has 0 spiro atoms. The summed E-state index contributed by atoms with van der Waals surface area (Å²) in [5, 5.41) is 5.09. The molecule has 0 bridgehead atoms. The van der Waals surface area contributed by atoms with E-state index in [-0.39, 0.29) is 40.9 Å². The minimum atomic E-state index is -0.630. The molecule has 1 N–H and O–H groups in total. The van der Waals surface area contributed by atoms with Crippen LogP contribution >= 0.6 is 0 Å². The Kier molecular flexibility index (Phi) is 6.99. The van der Waals surface area contributed by atoms with Crippen molar-refractivity contribution < 1.29 is 13.5 Å². The molecule has 2 saturated heterocycles. The van der Waals surface area contributed by atoms with Gasteiger partial charge < -0.3 is 19.9 Å². The molecule has 0 saturated carbocycles. The maximum absolute atomic E-state index is 16.5. The minimum absolute atomic E-state index is 0.0462. The van der Waals surface area contributed by atoms with Crippen LogP contribution in [-0.2, 0) is 0 Å². The average Bonchev–Trinajstić information content (AvgIpc) is 3.58. The van der Waals surface area contributed by atoms with Crippen LogP contribution in [-0.4, -0.2) is 71.8 Å². The molecule has 0 radical (unpaired) electrons. The van der Waals surface area contributed by atoms with Crippen LogP contribution in [0.5, 0.6) is 6.01 Å². The zero-order chi connectivity index (χ0) is 28.0. The summed E-state index contributed by atoms with van der Waals surface area (Å²) in [7, 11) is 4.04. The average molecular weight is 543 g/mol. The maximum Gasteiger partial charge on any atom is 0.319 e. The third-order valence-electron chi connectivity index (χ3n) is 8.43. The van der Waals surface area contributed by atoms with Crippen LogP contribution in [0.3, 0.4) is 0 Å². The fraction of sp³-hybridized carbons (Fsp3) is 0.387. The Labute approximate surface area is 232 Å². The largest absolute Gasteiger partial charge is 0.462 e. The molecule has 7 nitrogen and oxygen atoms in total. The van der Waals surface area contributed by atoms with Gasteiger partial charge in [-0.3, -0.25) is 4.98 Å². The molecule has 6 rings (SSSR count). The molecular weight excluding hydrogens is 510 g/mol. The molecule has 2 aromatic heterocycles. The molecule has 4 aromatic rings. The summed E-state index contributed by atoms with van der Waals surface area (Å²) in [6, 6.07) is 9.02.